The van der Waals surface area contributed by atoms with E-state index in [1.54, 1.807) is 23.0 Å². The summed E-state index contributed by atoms with van der Waals surface area (Å²) in [4.78, 5) is 17.4. The second kappa shape index (κ2) is 11.3. The lowest BCUT2D eigenvalue weighted by Gasteiger charge is -2.54. The van der Waals surface area contributed by atoms with Crippen LogP contribution in [0.5, 0.6) is 0 Å². The number of nitrogens with one attached hydrogen (secondary N) is 2. The number of alkyl halides is 1. The number of halogens is 1. The summed E-state index contributed by atoms with van der Waals surface area (Å²) in [5.41, 5.74) is 2.12. The number of carbonyl (C=O) groups is 1. The van der Waals surface area contributed by atoms with E-state index in [-0.39, 0.29) is 23.7 Å². The van der Waals surface area contributed by atoms with Crippen molar-refractivity contribution in [3.05, 3.63) is 48.4 Å². The molecule has 3 N–H and O–H groups in total. The van der Waals surface area contributed by atoms with Crippen LogP contribution in [0.3, 0.4) is 0 Å². The maximum absolute atomic E-state index is 14.6. The Balaban J connectivity index is 1.31. The highest BCUT2D eigenvalue weighted by molar-refractivity contribution is 5.79. The molecule has 0 radical (unpaired) electrons. The number of rotatable bonds is 8. The third-order valence-corrected chi connectivity index (χ3v) is 9.14. The van der Waals surface area contributed by atoms with Crippen molar-refractivity contribution >= 4 is 17.3 Å². The number of fused-ring (bicyclic) bond motifs is 4. The Morgan fingerprint density at radius 2 is 1.78 bits per heavy atom. The van der Waals surface area contributed by atoms with Crippen LogP contribution in [0.15, 0.2) is 42.9 Å². The Bertz CT molecular complexity index is 1790. The van der Waals surface area contributed by atoms with E-state index < -0.39 is 17.4 Å². The topological polar surface area (TPSA) is 155 Å². The number of pyridine rings is 1. The molecule has 4 aromatic rings. The molecule has 242 valence electrons. The van der Waals surface area contributed by atoms with Crippen molar-refractivity contribution in [1.82, 2.24) is 34.9 Å². The van der Waals surface area contributed by atoms with E-state index in [2.05, 4.69) is 32.1 Å². The second-order valence-corrected chi connectivity index (χ2v) is 14.3. The van der Waals surface area contributed by atoms with Gasteiger partial charge in [0.15, 0.2) is 0 Å². The molecule has 3 saturated carbocycles. The van der Waals surface area contributed by atoms with Gasteiger partial charge in [-0.05, 0) is 97.4 Å². The van der Waals surface area contributed by atoms with Crippen molar-refractivity contribution in [2.75, 3.05) is 5.32 Å². The standard InChI is InChI=1S/C33H40FN9O3/c1-30(2,3)46-29(44)39-33-11-8-32(9-12-33,10-13-33)38-24-15-25(27-7-6-22-14-21(16-35)17-37-43(22)27)36-18-23(24)26-19-42(41-40-26)20-28(34)31(4,5)45/h6-7,14-15,17-19,28,45H,8-13,20H2,1-5H3,(H,36,38)(H,39,44)/t28-,32?,33?/m1/s1. The molecule has 1 atom stereocenters. The monoisotopic (exact) mass is 629 g/mol. The number of hydrogen-bond acceptors (Lipinski definition) is 9. The first-order valence-electron chi connectivity index (χ1n) is 15.6. The fraction of sp³-hybridized carbons (Fsp3) is 0.515. The van der Waals surface area contributed by atoms with Crippen LogP contribution in [-0.4, -0.2) is 69.2 Å². The maximum Gasteiger partial charge on any atom is 0.408 e. The van der Waals surface area contributed by atoms with Crippen LogP contribution in [0, 0.1) is 11.3 Å². The van der Waals surface area contributed by atoms with E-state index in [1.807, 2.05) is 39.0 Å². The normalized spacial score (nSPS) is 22.0. The molecule has 3 fully saturated rings. The van der Waals surface area contributed by atoms with E-state index >= 15 is 0 Å². The highest BCUT2D eigenvalue weighted by Crippen LogP contribution is 2.49. The van der Waals surface area contributed by atoms with Crippen molar-refractivity contribution in [3.63, 3.8) is 0 Å². The molecule has 0 aliphatic heterocycles. The molecule has 7 rings (SSSR count). The van der Waals surface area contributed by atoms with Crippen LogP contribution >= 0.6 is 0 Å². The van der Waals surface area contributed by atoms with Crippen LogP contribution in [-0.2, 0) is 11.3 Å². The number of alkyl carbamates (subject to hydrolysis) is 1. The van der Waals surface area contributed by atoms with Gasteiger partial charge in [0.25, 0.3) is 0 Å². The van der Waals surface area contributed by atoms with Gasteiger partial charge >= 0.3 is 6.09 Å². The van der Waals surface area contributed by atoms with Gasteiger partial charge in [-0.25, -0.2) is 18.4 Å². The predicted octanol–water partition coefficient (Wildman–Crippen LogP) is 5.42. The summed E-state index contributed by atoms with van der Waals surface area (Å²) in [6, 6.07) is 9.67. The van der Waals surface area contributed by atoms with Gasteiger partial charge in [-0.2, -0.15) is 10.4 Å². The number of nitrogens with zero attached hydrogens (tertiary/aromatic N) is 7. The lowest BCUT2D eigenvalue weighted by Crippen LogP contribution is -2.61. The number of ether oxygens (including phenoxy) is 1. The molecule has 4 aromatic heterocycles. The lowest BCUT2D eigenvalue weighted by molar-refractivity contribution is -0.0120. The van der Waals surface area contributed by atoms with Crippen molar-refractivity contribution in [2.45, 2.75) is 108 Å². The fourth-order valence-electron chi connectivity index (χ4n) is 6.42. The molecular weight excluding hydrogens is 589 g/mol. The van der Waals surface area contributed by atoms with Gasteiger partial charge in [0.1, 0.15) is 23.5 Å². The summed E-state index contributed by atoms with van der Waals surface area (Å²) in [5.74, 6) is 0. The van der Waals surface area contributed by atoms with E-state index in [1.165, 1.54) is 24.7 Å². The molecule has 46 heavy (non-hydrogen) atoms. The Hall–Kier alpha value is -4.57. The van der Waals surface area contributed by atoms with E-state index in [9.17, 15) is 19.6 Å². The van der Waals surface area contributed by atoms with Crippen LogP contribution in [0.2, 0.25) is 0 Å². The fourth-order valence-corrected chi connectivity index (χ4v) is 6.42. The van der Waals surface area contributed by atoms with Crippen molar-refractivity contribution in [2.24, 2.45) is 0 Å². The number of nitriles is 1. The molecule has 0 saturated heterocycles. The van der Waals surface area contributed by atoms with Gasteiger partial charge in [-0.1, -0.05) is 5.21 Å². The summed E-state index contributed by atoms with van der Waals surface area (Å²) < 4.78 is 23.3. The smallest absolute Gasteiger partial charge is 0.408 e. The second-order valence-electron chi connectivity index (χ2n) is 14.3. The zero-order valence-electron chi connectivity index (χ0n) is 26.8. The highest BCUT2D eigenvalue weighted by atomic mass is 19.1. The molecule has 3 aliphatic rings. The van der Waals surface area contributed by atoms with Crippen LogP contribution in [0.25, 0.3) is 28.2 Å². The number of amides is 1. The Labute approximate surface area is 267 Å². The van der Waals surface area contributed by atoms with Crippen molar-refractivity contribution in [1.29, 1.82) is 5.26 Å². The first kappa shape index (κ1) is 31.4. The molecule has 12 nitrogen and oxygen atoms in total. The largest absolute Gasteiger partial charge is 0.444 e. The molecule has 0 aromatic carbocycles. The molecule has 1 amide bonds. The first-order valence-corrected chi connectivity index (χ1v) is 15.6. The van der Waals surface area contributed by atoms with Gasteiger partial charge in [-0.15, -0.1) is 5.10 Å². The minimum absolute atomic E-state index is 0.145. The average Bonchev–Trinajstić information content (AvgIpc) is 3.63. The molecule has 0 unspecified atom stereocenters. The quantitative estimate of drug-likeness (QED) is 0.232. The minimum Gasteiger partial charge on any atom is -0.444 e. The SMILES string of the molecule is CC(C)(C)OC(=O)NC12CCC(Nc3cc(-c4ccc5cc(C#N)cnn45)ncc3-c3cn(C[C@@H](F)C(C)(C)O)nn3)(CC1)CC2. The molecular formula is C33H40FN9O3. The Morgan fingerprint density at radius 1 is 1.09 bits per heavy atom. The zero-order chi connectivity index (χ0) is 32.9. The summed E-state index contributed by atoms with van der Waals surface area (Å²) in [7, 11) is 0. The number of hydrogen-bond donors (Lipinski definition) is 3. The number of aromatic nitrogens is 6. The van der Waals surface area contributed by atoms with Crippen LogP contribution < -0.4 is 10.6 Å². The van der Waals surface area contributed by atoms with Gasteiger partial charge in [0.2, 0.25) is 0 Å². The Morgan fingerprint density at radius 3 is 2.43 bits per heavy atom. The van der Waals surface area contributed by atoms with Crippen molar-refractivity contribution < 1.29 is 19.0 Å². The van der Waals surface area contributed by atoms with Crippen LogP contribution in [0.1, 0.15) is 78.7 Å². The van der Waals surface area contributed by atoms with Crippen LogP contribution in [0.4, 0.5) is 14.9 Å². The lowest BCUT2D eigenvalue weighted by atomic mass is 9.61. The summed E-state index contributed by atoms with van der Waals surface area (Å²) in [6.07, 6.45) is 7.96. The van der Waals surface area contributed by atoms with Crippen molar-refractivity contribution in [3.8, 4) is 28.7 Å². The van der Waals surface area contributed by atoms with Gasteiger partial charge in [0, 0.05) is 28.5 Å². The minimum atomic E-state index is -1.53. The molecule has 0 spiro atoms. The predicted molar refractivity (Wildman–Crippen MR) is 170 cm³/mol. The van der Waals surface area contributed by atoms with E-state index in [0.29, 0.717) is 22.5 Å². The molecule has 4 heterocycles. The van der Waals surface area contributed by atoms with E-state index in [4.69, 9.17) is 9.72 Å². The summed E-state index contributed by atoms with van der Waals surface area (Å²) >= 11 is 0. The summed E-state index contributed by atoms with van der Waals surface area (Å²) in [6.45, 7) is 8.28. The third-order valence-electron chi connectivity index (χ3n) is 9.14. The number of aliphatic hydroxyl groups is 1. The summed E-state index contributed by atoms with van der Waals surface area (Å²) in [5, 5.41) is 39.4. The Kier molecular flexibility index (Phi) is 7.75. The first-order chi connectivity index (χ1) is 21.7. The van der Waals surface area contributed by atoms with Gasteiger partial charge in [-0.3, -0.25) is 4.98 Å². The number of carbonyl (C=O) groups excluding carboxylic acids is 1. The highest BCUT2D eigenvalue weighted by Gasteiger charge is 2.50. The van der Waals surface area contributed by atoms with Gasteiger partial charge < -0.3 is 20.5 Å². The maximum atomic E-state index is 14.6. The van der Waals surface area contributed by atoms with Gasteiger partial charge in [0.05, 0.1) is 47.0 Å². The third kappa shape index (κ3) is 6.39. The molecule has 3 aliphatic carbocycles. The zero-order valence-corrected chi connectivity index (χ0v) is 26.8. The molecule has 13 heteroatoms. The molecule has 2 bridgehead atoms. The number of anilines is 1. The van der Waals surface area contributed by atoms with E-state index in [0.717, 1.165) is 55.4 Å². The average molecular weight is 630 g/mol.